The zero-order valence-electron chi connectivity index (χ0n) is 16.1. The highest BCUT2D eigenvalue weighted by molar-refractivity contribution is 5.75. The topological polar surface area (TPSA) is 75.9 Å². The molecular formula is C19H28N6O. The zero-order chi connectivity index (χ0) is 18.7. The van der Waals surface area contributed by atoms with Crippen LogP contribution in [0.3, 0.4) is 0 Å². The van der Waals surface area contributed by atoms with Gasteiger partial charge in [0.05, 0.1) is 5.69 Å². The van der Waals surface area contributed by atoms with Gasteiger partial charge in [0, 0.05) is 13.6 Å². The van der Waals surface area contributed by atoms with Gasteiger partial charge in [0.15, 0.2) is 5.82 Å². The van der Waals surface area contributed by atoms with E-state index in [1.54, 1.807) is 0 Å². The lowest BCUT2D eigenvalue weighted by molar-refractivity contribution is 0.0865. The van der Waals surface area contributed by atoms with Crippen LogP contribution in [0.25, 0.3) is 5.69 Å². The molecule has 7 heteroatoms. The van der Waals surface area contributed by atoms with Gasteiger partial charge in [-0.1, -0.05) is 31.4 Å². The van der Waals surface area contributed by atoms with Gasteiger partial charge in [-0.25, -0.2) is 4.79 Å². The number of benzene rings is 1. The van der Waals surface area contributed by atoms with Gasteiger partial charge in [-0.2, -0.15) is 4.68 Å². The third-order valence-corrected chi connectivity index (χ3v) is 5.65. The van der Waals surface area contributed by atoms with Crippen molar-refractivity contribution >= 4 is 6.03 Å². The number of nitrogens with zero attached hydrogens (tertiary/aromatic N) is 5. The van der Waals surface area contributed by atoms with E-state index in [2.05, 4.69) is 40.8 Å². The third kappa shape index (κ3) is 3.06. The Morgan fingerprint density at radius 2 is 2.00 bits per heavy atom. The van der Waals surface area contributed by atoms with Crippen molar-refractivity contribution < 1.29 is 4.79 Å². The molecule has 1 N–H and O–H groups in total. The quantitative estimate of drug-likeness (QED) is 0.913. The van der Waals surface area contributed by atoms with E-state index in [0.717, 1.165) is 42.8 Å². The first-order valence-corrected chi connectivity index (χ1v) is 9.38. The van der Waals surface area contributed by atoms with Gasteiger partial charge in [-0.15, -0.1) is 5.10 Å². The molecule has 0 aliphatic heterocycles. The molecule has 2 aromatic rings. The molecule has 0 spiro atoms. The minimum atomic E-state index is -0.489. The predicted octanol–water partition coefficient (Wildman–Crippen LogP) is 3.10. The van der Waals surface area contributed by atoms with Crippen molar-refractivity contribution in [2.75, 3.05) is 13.6 Å². The summed E-state index contributed by atoms with van der Waals surface area (Å²) >= 11 is 0. The number of carbonyl (C=O) groups is 1. The number of nitrogens with one attached hydrogen (secondary N) is 1. The molecule has 1 aliphatic carbocycles. The minimum absolute atomic E-state index is 0.0788. The summed E-state index contributed by atoms with van der Waals surface area (Å²) in [5, 5.41) is 15.6. The van der Waals surface area contributed by atoms with Crippen LogP contribution in [-0.4, -0.2) is 44.7 Å². The molecule has 140 valence electrons. The highest BCUT2D eigenvalue weighted by Gasteiger charge is 2.45. The summed E-state index contributed by atoms with van der Waals surface area (Å²) in [6.07, 6.45) is 5.03. The van der Waals surface area contributed by atoms with E-state index in [1.165, 1.54) is 12.0 Å². The number of aryl methyl sites for hydroxylation is 1. The fourth-order valence-corrected chi connectivity index (χ4v) is 3.91. The maximum Gasteiger partial charge on any atom is 0.317 e. The second-order valence-electron chi connectivity index (χ2n) is 7.12. The maximum atomic E-state index is 12.6. The Bertz CT molecular complexity index is 778. The molecule has 7 nitrogen and oxygen atoms in total. The van der Waals surface area contributed by atoms with Gasteiger partial charge in [-0.05, 0) is 61.2 Å². The Balaban J connectivity index is 2.11. The summed E-state index contributed by atoms with van der Waals surface area (Å²) in [6, 6.07) is 6.06. The molecule has 2 amide bonds. The molecule has 3 rings (SSSR count). The van der Waals surface area contributed by atoms with Crippen LogP contribution in [0.2, 0.25) is 0 Å². The Morgan fingerprint density at radius 3 is 2.69 bits per heavy atom. The van der Waals surface area contributed by atoms with Crippen molar-refractivity contribution in [3.63, 3.8) is 0 Å². The SMILES string of the molecule is CCNC(=O)N(C)C1(c2nnnn2-c2cccc(C)c2C)CCCCC1. The first-order chi connectivity index (χ1) is 12.5. The summed E-state index contributed by atoms with van der Waals surface area (Å²) in [5.74, 6) is 0.750. The van der Waals surface area contributed by atoms with Gasteiger partial charge in [0.2, 0.25) is 0 Å². The van der Waals surface area contributed by atoms with E-state index in [1.807, 2.05) is 35.7 Å². The van der Waals surface area contributed by atoms with Crippen molar-refractivity contribution in [3.05, 3.63) is 35.2 Å². The van der Waals surface area contributed by atoms with Crippen LogP contribution in [-0.2, 0) is 5.54 Å². The normalized spacial score (nSPS) is 16.3. The first kappa shape index (κ1) is 18.4. The Labute approximate surface area is 154 Å². The number of amides is 2. The maximum absolute atomic E-state index is 12.6. The van der Waals surface area contributed by atoms with E-state index in [9.17, 15) is 4.79 Å². The number of tetrazole rings is 1. The molecule has 0 radical (unpaired) electrons. The molecule has 0 bridgehead atoms. The second-order valence-corrected chi connectivity index (χ2v) is 7.12. The Hall–Kier alpha value is -2.44. The molecule has 1 aliphatic rings. The van der Waals surface area contributed by atoms with Gasteiger partial charge >= 0.3 is 6.03 Å². The summed E-state index contributed by atoms with van der Waals surface area (Å²) in [7, 11) is 1.86. The molecule has 0 atom stereocenters. The number of hydrogen-bond donors (Lipinski definition) is 1. The molecule has 1 fully saturated rings. The molecule has 1 heterocycles. The van der Waals surface area contributed by atoms with Crippen LogP contribution in [0.4, 0.5) is 4.79 Å². The highest BCUT2D eigenvalue weighted by atomic mass is 16.2. The molecule has 1 aromatic carbocycles. The molecule has 0 unspecified atom stereocenters. The van der Waals surface area contributed by atoms with Gasteiger partial charge < -0.3 is 10.2 Å². The van der Waals surface area contributed by atoms with Crippen LogP contribution in [0, 0.1) is 13.8 Å². The molecule has 0 saturated heterocycles. The largest absolute Gasteiger partial charge is 0.338 e. The summed E-state index contributed by atoms with van der Waals surface area (Å²) in [5.41, 5.74) is 2.82. The summed E-state index contributed by atoms with van der Waals surface area (Å²) in [4.78, 5) is 14.5. The molecule has 26 heavy (non-hydrogen) atoms. The van der Waals surface area contributed by atoms with Gasteiger partial charge in [0.25, 0.3) is 0 Å². The lowest BCUT2D eigenvalue weighted by atomic mass is 9.79. The van der Waals surface area contributed by atoms with E-state index in [0.29, 0.717) is 6.54 Å². The van der Waals surface area contributed by atoms with Crippen LogP contribution < -0.4 is 5.32 Å². The summed E-state index contributed by atoms with van der Waals surface area (Å²) < 4.78 is 1.82. The van der Waals surface area contributed by atoms with Gasteiger partial charge in [0.1, 0.15) is 5.54 Å². The zero-order valence-corrected chi connectivity index (χ0v) is 16.1. The van der Waals surface area contributed by atoms with Gasteiger partial charge in [-0.3, -0.25) is 0 Å². The smallest absolute Gasteiger partial charge is 0.317 e. The monoisotopic (exact) mass is 356 g/mol. The predicted molar refractivity (Wildman–Crippen MR) is 100 cm³/mol. The summed E-state index contributed by atoms with van der Waals surface area (Å²) in [6.45, 7) is 6.69. The fraction of sp³-hybridized carbons (Fsp3) is 0.579. The van der Waals surface area contributed by atoms with E-state index in [-0.39, 0.29) is 6.03 Å². The lowest BCUT2D eigenvalue weighted by Crippen LogP contribution is -2.53. The second kappa shape index (κ2) is 7.43. The average molecular weight is 356 g/mol. The van der Waals surface area contributed by atoms with Crippen LogP contribution >= 0.6 is 0 Å². The van der Waals surface area contributed by atoms with E-state index in [4.69, 9.17) is 0 Å². The van der Waals surface area contributed by atoms with Crippen LogP contribution in [0.1, 0.15) is 56.0 Å². The van der Waals surface area contributed by atoms with Crippen LogP contribution in [0.5, 0.6) is 0 Å². The third-order valence-electron chi connectivity index (χ3n) is 5.65. The van der Waals surface area contributed by atoms with Crippen molar-refractivity contribution in [1.82, 2.24) is 30.4 Å². The Morgan fingerprint density at radius 1 is 1.27 bits per heavy atom. The fourth-order valence-electron chi connectivity index (χ4n) is 3.91. The average Bonchev–Trinajstić information content (AvgIpc) is 3.14. The lowest BCUT2D eigenvalue weighted by Gasteiger charge is -2.43. The molecule has 1 saturated carbocycles. The number of carbonyl (C=O) groups excluding carboxylic acids is 1. The van der Waals surface area contributed by atoms with Crippen LogP contribution in [0.15, 0.2) is 18.2 Å². The Kier molecular flexibility index (Phi) is 5.25. The standard InChI is InChI=1S/C19H28N6O/c1-5-20-18(26)24(4)19(12-7-6-8-13-19)17-21-22-23-25(17)16-11-9-10-14(2)15(16)3/h9-11H,5-8,12-13H2,1-4H3,(H,20,26). The van der Waals surface area contributed by atoms with Crippen molar-refractivity contribution in [2.45, 2.75) is 58.4 Å². The number of hydrogen-bond acceptors (Lipinski definition) is 4. The number of urea groups is 1. The number of aromatic nitrogens is 4. The van der Waals surface area contributed by atoms with Crippen molar-refractivity contribution in [2.24, 2.45) is 0 Å². The highest BCUT2D eigenvalue weighted by Crippen LogP contribution is 2.41. The van der Waals surface area contributed by atoms with E-state index >= 15 is 0 Å². The molecule has 1 aromatic heterocycles. The van der Waals surface area contributed by atoms with E-state index < -0.39 is 5.54 Å². The van der Waals surface area contributed by atoms with Crippen molar-refractivity contribution in [1.29, 1.82) is 0 Å². The first-order valence-electron chi connectivity index (χ1n) is 9.38. The van der Waals surface area contributed by atoms with Crippen molar-refractivity contribution in [3.8, 4) is 5.69 Å². The minimum Gasteiger partial charge on any atom is -0.338 e. The molecular weight excluding hydrogens is 328 g/mol. The number of rotatable bonds is 4.